The molecule has 1 aromatic carbocycles. The number of amides is 1. The van der Waals surface area contributed by atoms with Crippen LogP contribution in [0.15, 0.2) is 42.6 Å². The molecule has 28 heavy (non-hydrogen) atoms. The van der Waals surface area contributed by atoms with E-state index < -0.39 is 0 Å². The van der Waals surface area contributed by atoms with E-state index in [2.05, 4.69) is 57.9 Å². The molecule has 0 atom stereocenters. The van der Waals surface area contributed by atoms with E-state index in [1.54, 1.807) is 6.20 Å². The Morgan fingerprint density at radius 1 is 0.893 bits per heavy atom. The van der Waals surface area contributed by atoms with E-state index in [-0.39, 0.29) is 5.91 Å². The van der Waals surface area contributed by atoms with E-state index in [9.17, 15) is 4.79 Å². The molecule has 0 aliphatic carbocycles. The molecular formula is C22H29N5O. The van der Waals surface area contributed by atoms with Gasteiger partial charge >= 0.3 is 0 Å². The van der Waals surface area contributed by atoms with Crippen LogP contribution >= 0.6 is 0 Å². The number of hydrogen-bond donors (Lipinski definition) is 0. The van der Waals surface area contributed by atoms with Crippen molar-refractivity contribution in [3.05, 3.63) is 53.7 Å². The van der Waals surface area contributed by atoms with Crippen LogP contribution in [0.5, 0.6) is 0 Å². The molecule has 4 rings (SSSR count). The highest BCUT2D eigenvalue weighted by molar-refractivity contribution is 5.94. The summed E-state index contributed by atoms with van der Waals surface area (Å²) in [5.41, 5.74) is 3.27. The fourth-order valence-corrected chi connectivity index (χ4v) is 3.91. The highest BCUT2D eigenvalue weighted by atomic mass is 16.2. The van der Waals surface area contributed by atoms with Crippen LogP contribution in [0.4, 0.5) is 11.5 Å². The minimum Gasteiger partial charge on any atom is -0.368 e. The SMILES string of the molecule is Cc1cccc(N2CCN(c3ccc(C(=O)N4CCN(C)CC4)cn3)CC2)c1. The number of anilines is 2. The van der Waals surface area contributed by atoms with Crippen LogP contribution in [-0.2, 0) is 0 Å². The highest BCUT2D eigenvalue weighted by Crippen LogP contribution is 2.20. The number of carbonyl (C=O) groups is 1. The van der Waals surface area contributed by atoms with Gasteiger partial charge in [-0.3, -0.25) is 4.79 Å². The molecule has 0 radical (unpaired) electrons. The first kappa shape index (κ1) is 18.7. The Morgan fingerprint density at radius 3 is 2.25 bits per heavy atom. The van der Waals surface area contributed by atoms with Crippen LogP contribution in [0.3, 0.4) is 0 Å². The molecule has 0 N–H and O–H groups in total. The van der Waals surface area contributed by atoms with Gasteiger partial charge in [0.25, 0.3) is 5.91 Å². The number of benzene rings is 1. The molecule has 0 bridgehead atoms. The zero-order valence-corrected chi connectivity index (χ0v) is 16.8. The maximum atomic E-state index is 12.7. The molecule has 6 heteroatoms. The van der Waals surface area contributed by atoms with Gasteiger partial charge in [-0.25, -0.2) is 4.98 Å². The standard InChI is InChI=1S/C22H29N5O/c1-18-4-3-5-20(16-18)25-12-14-26(15-13-25)21-7-6-19(17-23-21)22(28)27-10-8-24(2)9-11-27/h3-7,16-17H,8-15H2,1-2H3. The molecule has 2 fully saturated rings. The van der Waals surface area contributed by atoms with E-state index in [1.165, 1.54) is 11.3 Å². The molecule has 2 saturated heterocycles. The van der Waals surface area contributed by atoms with Gasteiger partial charge in [-0.15, -0.1) is 0 Å². The van der Waals surface area contributed by atoms with Gasteiger partial charge in [-0.05, 0) is 43.8 Å². The molecule has 0 saturated carbocycles. The number of carbonyl (C=O) groups excluding carboxylic acids is 1. The van der Waals surface area contributed by atoms with E-state index >= 15 is 0 Å². The van der Waals surface area contributed by atoms with Gasteiger partial charge in [0.1, 0.15) is 5.82 Å². The summed E-state index contributed by atoms with van der Waals surface area (Å²) >= 11 is 0. The predicted octanol–water partition coefficient (Wildman–Crippen LogP) is 2.10. The second-order valence-electron chi connectivity index (χ2n) is 7.81. The first-order valence-electron chi connectivity index (χ1n) is 10.1. The number of pyridine rings is 1. The van der Waals surface area contributed by atoms with Crippen molar-refractivity contribution in [3.63, 3.8) is 0 Å². The van der Waals surface area contributed by atoms with Gasteiger partial charge in [-0.1, -0.05) is 12.1 Å². The zero-order chi connectivity index (χ0) is 19.5. The minimum atomic E-state index is 0.0939. The lowest BCUT2D eigenvalue weighted by Gasteiger charge is -2.37. The van der Waals surface area contributed by atoms with Crippen molar-refractivity contribution >= 4 is 17.4 Å². The Labute approximate surface area is 167 Å². The van der Waals surface area contributed by atoms with Gasteiger partial charge in [0.15, 0.2) is 0 Å². The third-order valence-corrected chi connectivity index (χ3v) is 5.76. The molecule has 3 heterocycles. The molecule has 148 valence electrons. The summed E-state index contributed by atoms with van der Waals surface area (Å²) in [6.45, 7) is 9.41. The maximum absolute atomic E-state index is 12.7. The Bertz CT molecular complexity index is 806. The summed E-state index contributed by atoms with van der Waals surface area (Å²) in [6.07, 6.45) is 1.74. The molecule has 6 nitrogen and oxygen atoms in total. The molecular weight excluding hydrogens is 350 g/mol. The largest absolute Gasteiger partial charge is 0.368 e. The average Bonchev–Trinajstić information content (AvgIpc) is 2.74. The number of nitrogens with zero attached hydrogens (tertiary/aromatic N) is 5. The third kappa shape index (κ3) is 4.12. The Balaban J connectivity index is 1.35. The van der Waals surface area contributed by atoms with E-state index in [0.717, 1.165) is 58.2 Å². The molecule has 0 unspecified atom stereocenters. The lowest BCUT2D eigenvalue weighted by Crippen LogP contribution is -2.47. The van der Waals surface area contributed by atoms with Crippen molar-refractivity contribution in [1.82, 2.24) is 14.8 Å². The third-order valence-electron chi connectivity index (χ3n) is 5.76. The number of likely N-dealkylation sites (N-methyl/N-ethyl adjacent to an activating group) is 1. The summed E-state index contributed by atoms with van der Waals surface area (Å²) in [5.74, 6) is 1.05. The second kappa shape index (κ2) is 8.19. The number of hydrogen-bond acceptors (Lipinski definition) is 5. The first-order chi connectivity index (χ1) is 13.6. The van der Waals surface area contributed by atoms with E-state index in [0.29, 0.717) is 5.56 Å². The first-order valence-corrected chi connectivity index (χ1v) is 10.1. The summed E-state index contributed by atoms with van der Waals surface area (Å²) in [6, 6.07) is 12.6. The molecule has 1 amide bonds. The lowest BCUT2D eigenvalue weighted by atomic mass is 10.2. The second-order valence-corrected chi connectivity index (χ2v) is 7.81. The van der Waals surface area contributed by atoms with Gasteiger partial charge in [0, 0.05) is 64.2 Å². The monoisotopic (exact) mass is 379 g/mol. The van der Waals surface area contributed by atoms with E-state index in [1.807, 2.05) is 17.0 Å². The predicted molar refractivity (Wildman–Crippen MR) is 113 cm³/mol. The van der Waals surface area contributed by atoms with Crippen LogP contribution in [0.1, 0.15) is 15.9 Å². The number of rotatable bonds is 3. The van der Waals surface area contributed by atoms with Gasteiger partial charge in [0.2, 0.25) is 0 Å². The Morgan fingerprint density at radius 2 is 1.61 bits per heavy atom. The summed E-state index contributed by atoms with van der Waals surface area (Å²) in [7, 11) is 2.09. The lowest BCUT2D eigenvalue weighted by molar-refractivity contribution is 0.0663. The van der Waals surface area contributed by atoms with Crippen LogP contribution < -0.4 is 9.80 Å². The summed E-state index contributed by atoms with van der Waals surface area (Å²) in [5, 5.41) is 0. The van der Waals surface area contributed by atoms with Gasteiger partial charge in [-0.2, -0.15) is 0 Å². The van der Waals surface area contributed by atoms with Crippen LogP contribution in [0, 0.1) is 6.92 Å². The fourth-order valence-electron chi connectivity index (χ4n) is 3.91. The van der Waals surface area contributed by atoms with Crippen molar-refractivity contribution in [2.75, 3.05) is 69.2 Å². The quantitative estimate of drug-likeness (QED) is 0.817. The minimum absolute atomic E-state index is 0.0939. The number of aromatic nitrogens is 1. The number of piperazine rings is 2. The van der Waals surface area contributed by atoms with Crippen molar-refractivity contribution in [2.24, 2.45) is 0 Å². The maximum Gasteiger partial charge on any atom is 0.255 e. The smallest absolute Gasteiger partial charge is 0.255 e. The Hall–Kier alpha value is -2.60. The fraction of sp³-hybridized carbons (Fsp3) is 0.455. The van der Waals surface area contributed by atoms with Crippen LogP contribution in [0.2, 0.25) is 0 Å². The highest BCUT2D eigenvalue weighted by Gasteiger charge is 2.22. The molecule has 2 aromatic rings. The van der Waals surface area contributed by atoms with Crippen LogP contribution in [-0.4, -0.2) is 80.1 Å². The summed E-state index contributed by atoms with van der Waals surface area (Å²) in [4.78, 5) is 26.2. The van der Waals surface area contributed by atoms with Gasteiger partial charge in [0.05, 0.1) is 5.56 Å². The Kier molecular flexibility index (Phi) is 5.48. The molecule has 2 aliphatic rings. The average molecular weight is 380 g/mol. The van der Waals surface area contributed by atoms with E-state index in [4.69, 9.17) is 0 Å². The molecule has 2 aliphatic heterocycles. The van der Waals surface area contributed by atoms with Crippen molar-refractivity contribution < 1.29 is 4.79 Å². The van der Waals surface area contributed by atoms with Crippen molar-refractivity contribution in [1.29, 1.82) is 0 Å². The van der Waals surface area contributed by atoms with Gasteiger partial charge < -0.3 is 19.6 Å². The zero-order valence-electron chi connectivity index (χ0n) is 16.8. The van der Waals surface area contributed by atoms with Crippen molar-refractivity contribution in [2.45, 2.75) is 6.92 Å². The normalized spacial score (nSPS) is 18.4. The van der Waals surface area contributed by atoms with Crippen LogP contribution in [0.25, 0.3) is 0 Å². The topological polar surface area (TPSA) is 42.9 Å². The van der Waals surface area contributed by atoms with Crippen molar-refractivity contribution in [3.8, 4) is 0 Å². The number of aryl methyl sites for hydroxylation is 1. The summed E-state index contributed by atoms with van der Waals surface area (Å²) < 4.78 is 0. The molecule has 1 aromatic heterocycles. The molecule has 0 spiro atoms.